The molecule has 0 spiro atoms. The molecule has 0 aromatic carbocycles. The van der Waals surface area contributed by atoms with E-state index in [9.17, 15) is 19.6 Å². The van der Waals surface area contributed by atoms with Crippen LogP contribution < -0.4 is 10.6 Å². The second-order valence-corrected chi connectivity index (χ2v) is 8.31. The van der Waals surface area contributed by atoms with Gasteiger partial charge in [0.1, 0.15) is 17.1 Å². The fourth-order valence-electron chi connectivity index (χ4n) is 2.90. The molecule has 1 atom stereocenters. The lowest BCUT2D eigenvalue weighted by atomic mass is 9.96. The Morgan fingerprint density at radius 2 is 2.07 bits per heavy atom. The number of amides is 2. The van der Waals surface area contributed by atoms with E-state index in [0.717, 1.165) is 36.1 Å². The van der Waals surface area contributed by atoms with Crippen molar-refractivity contribution in [3.8, 4) is 6.07 Å². The molecule has 1 aromatic heterocycles. The number of anilines is 1. The standard InChI is InChI=1S/C18H23N3O4S2/c1-11(22)20-14(7-8-26-2)18(24)25-10-16(23)21-17-13(9-19)12-5-3-4-6-15(12)27-17/h14H,3-8,10H2,1-2H3,(H,20,22)(H,21,23)/t14-/m1/s1. The predicted molar refractivity (Wildman–Crippen MR) is 106 cm³/mol. The minimum Gasteiger partial charge on any atom is -0.454 e. The van der Waals surface area contributed by atoms with Crippen molar-refractivity contribution in [1.82, 2.24) is 5.32 Å². The van der Waals surface area contributed by atoms with Crippen LogP contribution in [0, 0.1) is 11.3 Å². The van der Waals surface area contributed by atoms with E-state index in [-0.39, 0.29) is 5.91 Å². The number of hydrogen-bond acceptors (Lipinski definition) is 7. The van der Waals surface area contributed by atoms with E-state index < -0.39 is 24.5 Å². The zero-order chi connectivity index (χ0) is 19.8. The zero-order valence-corrected chi connectivity index (χ0v) is 17.1. The molecule has 0 saturated heterocycles. The highest BCUT2D eigenvalue weighted by Gasteiger charge is 2.24. The topological polar surface area (TPSA) is 108 Å². The van der Waals surface area contributed by atoms with E-state index in [0.29, 0.717) is 22.7 Å². The molecule has 2 amide bonds. The Bertz CT molecular complexity index is 755. The third-order valence-electron chi connectivity index (χ3n) is 4.15. The summed E-state index contributed by atoms with van der Waals surface area (Å²) in [5.74, 6) is -0.783. The van der Waals surface area contributed by atoms with Crippen molar-refractivity contribution < 1.29 is 19.1 Å². The van der Waals surface area contributed by atoms with Crippen molar-refractivity contribution in [1.29, 1.82) is 5.26 Å². The van der Waals surface area contributed by atoms with Gasteiger partial charge in [-0.25, -0.2) is 4.79 Å². The Morgan fingerprint density at radius 3 is 2.74 bits per heavy atom. The molecule has 0 saturated carbocycles. The van der Waals surface area contributed by atoms with Crippen molar-refractivity contribution in [2.24, 2.45) is 0 Å². The molecule has 1 aliphatic carbocycles. The summed E-state index contributed by atoms with van der Waals surface area (Å²) in [6, 6.07) is 1.40. The first-order valence-electron chi connectivity index (χ1n) is 8.73. The number of carbonyl (C=O) groups excluding carboxylic acids is 3. The van der Waals surface area contributed by atoms with E-state index in [1.54, 1.807) is 11.8 Å². The minimum absolute atomic E-state index is 0.328. The van der Waals surface area contributed by atoms with Crippen molar-refractivity contribution in [3.05, 3.63) is 16.0 Å². The second-order valence-electron chi connectivity index (χ2n) is 6.22. The number of rotatable bonds is 8. The van der Waals surface area contributed by atoms with Gasteiger partial charge in [-0.05, 0) is 49.7 Å². The molecule has 0 fully saturated rings. The predicted octanol–water partition coefficient (Wildman–Crippen LogP) is 2.24. The minimum atomic E-state index is -0.772. The van der Waals surface area contributed by atoms with Gasteiger partial charge in [0.2, 0.25) is 5.91 Å². The molecule has 9 heteroatoms. The molecular weight excluding hydrogens is 386 g/mol. The molecule has 2 rings (SSSR count). The fourth-order valence-corrected chi connectivity index (χ4v) is 4.63. The Hall–Kier alpha value is -2.05. The third kappa shape index (κ3) is 5.97. The summed E-state index contributed by atoms with van der Waals surface area (Å²) in [4.78, 5) is 36.7. The first-order chi connectivity index (χ1) is 13.0. The van der Waals surface area contributed by atoms with Crippen LogP contribution in [0.2, 0.25) is 0 Å². The van der Waals surface area contributed by atoms with Crippen LogP contribution in [0.1, 0.15) is 42.2 Å². The number of nitriles is 1. The number of ether oxygens (including phenoxy) is 1. The molecule has 1 heterocycles. The number of hydrogen-bond donors (Lipinski definition) is 2. The lowest BCUT2D eigenvalue weighted by molar-refractivity contribution is -0.150. The van der Waals surface area contributed by atoms with E-state index in [2.05, 4.69) is 16.7 Å². The van der Waals surface area contributed by atoms with Crippen molar-refractivity contribution in [2.75, 3.05) is 23.9 Å². The van der Waals surface area contributed by atoms with E-state index >= 15 is 0 Å². The van der Waals surface area contributed by atoms with Gasteiger partial charge in [-0.1, -0.05) is 0 Å². The van der Waals surface area contributed by atoms with Gasteiger partial charge in [-0.3, -0.25) is 9.59 Å². The van der Waals surface area contributed by atoms with E-state index in [1.807, 2.05) is 6.26 Å². The van der Waals surface area contributed by atoms with Crippen LogP contribution in [0.25, 0.3) is 0 Å². The molecule has 0 bridgehead atoms. The summed E-state index contributed by atoms with van der Waals surface area (Å²) in [7, 11) is 0. The summed E-state index contributed by atoms with van der Waals surface area (Å²) in [6.45, 7) is 0.871. The monoisotopic (exact) mass is 409 g/mol. The molecule has 7 nitrogen and oxygen atoms in total. The van der Waals surface area contributed by atoms with E-state index in [4.69, 9.17) is 4.74 Å². The van der Waals surface area contributed by atoms with Crippen molar-refractivity contribution in [2.45, 2.75) is 45.1 Å². The van der Waals surface area contributed by atoms with Crippen molar-refractivity contribution in [3.63, 3.8) is 0 Å². The SMILES string of the molecule is CSCC[C@@H](NC(C)=O)C(=O)OCC(=O)Nc1sc2c(c1C#N)CCCC2. The number of carbonyl (C=O) groups is 3. The Morgan fingerprint density at radius 1 is 1.33 bits per heavy atom. The Labute approximate surface area is 166 Å². The summed E-state index contributed by atoms with van der Waals surface area (Å²) in [5.41, 5.74) is 1.55. The third-order valence-corrected chi connectivity index (χ3v) is 6.01. The molecular formula is C18H23N3O4S2. The first-order valence-corrected chi connectivity index (χ1v) is 10.9. The van der Waals surface area contributed by atoms with Gasteiger partial charge in [-0.15, -0.1) is 11.3 Å². The number of fused-ring (bicyclic) bond motifs is 1. The van der Waals surface area contributed by atoms with E-state index in [1.165, 1.54) is 18.3 Å². The van der Waals surface area contributed by atoms with Gasteiger partial charge in [0.15, 0.2) is 6.61 Å². The maximum Gasteiger partial charge on any atom is 0.329 e. The number of thioether (sulfide) groups is 1. The molecule has 2 N–H and O–H groups in total. The average Bonchev–Trinajstić information content (AvgIpc) is 2.99. The summed E-state index contributed by atoms with van der Waals surface area (Å²) in [6.07, 6.45) is 6.24. The number of esters is 1. The highest BCUT2D eigenvalue weighted by Crippen LogP contribution is 2.37. The lowest BCUT2D eigenvalue weighted by Crippen LogP contribution is -2.42. The van der Waals surface area contributed by atoms with Crippen LogP contribution in [-0.4, -0.2) is 42.4 Å². The normalized spacial score (nSPS) is 13.8. The van der Waals surface area contributed by atoms with Gasteiger partial charge in [0, 0.05) is 11.8 Å². The van der Waals surface area contributed by atoms with Gasteiger partial charge >= 0.3 is 5.97 Å². The molecule has 27 heavy (non-hydrogen) atoms. The Kier molecular flexibility index (Phi) is 8.13. The van der Waals surface area contributed by atoms with Crippen LogP contribution >= 0.6 is 23.1 Å². The van der Waals surface area contributed by atoms with Crippen LogP contribution in [0.15, 0.2) is 0 Å². The number of thiophene rings is 1. The van der Waals surface area contributed by atoms with Crippen LogP contribution in [-0.2, 0) is 32.0 Å². The number of nitrogens with one attached hydrogen (secondary N) is 2. The first kappa shape index (κ1) is 21.3. The number of nitrogens with zero attached hydrogens (tertiary/aromatic N) is 1. The molecule has 146 valence electrons. The summed E-state index contributed by atoms with van der Waals surface area (Å²) in [5, 5.41) is 15.2. The quantitative estimate of drug-likeness (QED) is 0.638. The molecule has 0 radical (unpaired) electrons. The van der Waals surface area contributed by atoms with Crippen LogP contribution in [0.4, 0.5) is 5.00 Å². The smallest absolute Gasteiger partial charge is 0.329 e. The molecule has 0 aliphatic heterocycles. The maximum atomic E-state index is 12.2. The van der Waals surface area contributed by atoms with Gasteiger partial charge in [-0.2, -0.15) is 17.0 Å². The summed E-state index contributed by atoms with van der Waals surface area (Å²) < 4.78 is 5.06. The van der Waals surface area contributed by atoms with Crippen LogP contribution in [0.3, 0.4) is 0 Å². The van der Waals surface area contributed by atoms with Gasteiger partial charge in [0.05, 0.1) is 5.56 Å². The highest BCUT2D eigenvalue weighted by molar-refractivity contribution is 7.98. The van der Waals surface area contributed by atoms with Crippen LogP contribution in [0.5, 0.6) is 0 Å². The van der Waals surface area contributed by atoms with Gasteiger partial charge in [0.25, 0.3) is 5.91 Å². The summed E-state index contributed by atoms with van der Waals surface area (Å²) >= 11 is 2.97. The molecule has 0 unspecified atom stereocenters. The molecule has 1 aliphatic rings. The second kappa shape index (κ2) is 10.3. The highest BCUT2D eigenvalue weighted by atomic mass is 32.2. The maximum absolute atomic E-state index is 12.2. The van der Waals surface area contributed by atoms with Gasteiger partial charge < -0.3 is 15.4 Å². The zero-order valence-electron chi connectivity index (χ0n) is 15.4. The lowest BCUT2D eigenvalue weighted by Gasteiger charge is -2.16. The Balaban J connectivity index is 1.93. The largest absolute Gasteiger partial charge is 0.454 e. The fraction of sp³-hybridized carbons (Fsp3) is 0.556. The number of aryl methyl sites for hydroxylation is 1. The molecule has 1 aromatic rings. The average molecular weight is 410 g/mol. The van der Waals surface area contributed by atoms with Crippen molar-refractivity contribution >= 4 is 45.9 Å².